The number of nitrogens with zero attached hydrogens (tertiary/aromatic N) is 2. The van der Waals surface area contributed by atoms with Crippen LogP contribution in [0.5, 0.6) is 11.5 Å². The number of furan rings is 1. The van der Waals surface area contributed by atoms with Gasteiger partial charge in [-0.3, -0.25) is 9.59 Å². The first-order valence-corrected chi connectivity index (χ1v) is 11.3. The van der Waals surface area contributed by atoms with Crippen molar-refractivity contribution in [3.05, 3.63) is 59.3 Å². The lowest BCUT2D eigenvalue weighted by molar-refractivity contribution is -0.129. The molecule has 2 heterocycles. The van der Waals surface area contributed by atoms with Crippen LogP contribution in [0.4, 0.5) is 0 Å². The van der Waals surface area contributed by atoms with Crippen LogP contribution >= 0.6 is 0 Å². The Morgan fingerprint density at radius 2 is 1.94 bits per heavy atom. The van der Waals surface area contributed by atoms with Crippen LogP contribution in [0.25, 0.3) is 0 Å². The van der Waals surface area contributed by atoms with E-state index in [1.54, 1.807) is 24.3 Å². The summed E-state index contributed by atoms with van der Waals surface area (Å²) in [7, 11) is 1.54. The number of rotatable bonds is 12. The highest BCUT2D eigenvalue weighted by Crippen LogP contribution is 2.41. The molecule has 3 rings (SSSR count). The number of carbonyl (C=O) groups excluding carboxylic acids is 2. The molecule has 8 nitrogen and oxygen atoms in total. The third-order valence-electron chi connectivity index (χ3n) is 5.81. The normalized spacial score (nSPS) is 16.1. The molecule has 33 heavy (non-hydrogen) atoms. The monoisotopic (exact) mass is 456 g/mol. The van der Waals surface area contributed by atoms with Gasteiger partial charge in [-0.05, 0) is 49.3 Å². The summed E-state index contributed by atoms with van der Waals surface area (Å²) in [5.41, 5.74) is 0.640. The van der Waals surface area contributed by atoms with Crippen LogP contribution in [0.1, 0.15) is 49.4 Å². The molecule has 1 amide bonds. The summed E-state index contributed by atoms with van der Waals surface area (Å²) in [4.78, 5) is 30.0. The molecule has 1 N–H and O–H groups in total. The number of ketones is 1. The Kier molecular flexibility index (Phi) is 8.16. The van der Waals surface area contributed by atoms with E-state index in [2.05, 4.69) is 4.90 Å². The van der Waals surface area contributed by atoms with Crippen LogP contribution in [0.15, 0.2) is 52.3 Å². The highest BCUT2D eigenvalue weighted by Gasteiger charge is 2.44. The fourth-order valence-corrected chi connectivity index (χ4v) is 3.98. The predicted octanol–water partition coefficient (Wildman–Crippen LogP) is 4.00. The molecule has 2 aromatic rings. The van der Waals surface area contributed by atoms with Crippen LogP contribution < -0.4 is 9.47 Å². The van der Waals surface area contributed by atoms with E-state index in [1.165, 1.54) is 24.3 Å². The van der Waals surface area contributed by atoms with E-state index < -0.39 is 23.5 Å². The number of benzene rings is 1. The molecule has 1 aromatic heterocycles. The minimum Gasteiger partial charge on any atom is -0.503 e. The second-order valence-electron chi connectivity index (χ2n) is 7.76. The molecule has 178 valence electrons. The summed E-state index contributed by atoms with van der Waals surface area (Å²) in [5, 5.41) is 10.8. The van der Waals surface area contributed by atoms with Crippen LogP contribution in [-0.2, 0) is 4.79 Å². The van der Waals surface area contributed by atoms with Gasteiger partial charge in [0.15, 0.2) is 23.0 Å². The van der Waals surface area contributed by atoms with E-state index in [1.807, 2.05) is 20.8 Å². The molecule has 0 saturated heterocycles. The maximum atomic E-state index is 13.2. The molecule has 1 atom stereocenters. The number of aliphatic hydroxyl groups is 1. The van der Waals surface area contributed by atoms with Crippen LogP contribution in [0, 0.1) is 0 Å². The SMILES string of the molecule is CCCOc1ccc([C@H]2C(C(=O)c3ccco3)=C(O)C(=O)N2CCN(CC)CC)cc1OC. The van der Waals surface area contributed by atoms with Crippen molar-refractivity contribution in [1.82, 2.24) is 9.80 Å². The average molecular weight is 457 g/mol. The van der Waals surface area contributed by atoms with E-state index in [0.29, 0.717) is 36.8 Å². The van der Waals surface area contributed by atoms with Crippen LogP contribution in [-0.4, -0.2) is 66.5 Å². The lowest BCUT2D eigenvalue weighted by Gasteiger charge is -2.29. The van der Waals surface area contributed by atoms with Crippen molar-refractivity contribution in [2.24, 2.45) is 0 Å². The first-order valence-electron chi connectivity index (χ1n) is 11.3. The summed E-state index contributed by atoms with van der Waals surface area (Å²) >= 11 is 0. The molecular weight excluding hydrogens is 424 g/mol. The van der Waals surface area contributed by atoms with Gasteiger partial charge in [-0.15, -0.1) is 0 Å². The van der Waals surface area contributed by atoms with Gasteiger partial charge in [-0.2, -0.15) is 0 Å². The first kappa shape index (κ1) is 24.4. The lowest BCUT2D eigenvalue weighted by Crippen LogP contribution is -2.38. The molecule has 0 aliphatic carbocycles. The Balaban J connectivity index is 2.04. The molecule has 1 aliphatic rings. The van der Waals surface area contributed by atoms with Crippen molar-refractivity contribution in [3.8, 4) is 11.5 Å². The number of hydrogen-bond donors (Lipinski definition) is 1. The van der Waals surface area contributed by atoms with Crippen molar-refractivity contribution in [2.45, 2.75) is 33.2 Å². The summed E-state index contributed by atoms with van der Waals surface area (Å²) in [6.45, 7) is 9.27. The van der Waals surface area contributed by atoms with Crippen molar-refractivity contribution < 1.29 is 28.6 Å². The zero-order valence-electron chi connectivity index (χ0n) is 19.7. The number of hydrogen-bond acceptors (Lipinski definition) is 7. The minimum atomic E-state index is -0.778. The zero-order chi connectivity index (χ0) is 24.0. The van der Waals surface area contributed by atoms with E-state index in [0.717, 1.165) is 19.5 Å². The molecule has 0 saturated carbocycles. The van der Waals surface area contributed by atoms with E-state index in [9.17, 15) is 14.7 Å². The van der Waals surface area contributed by atoms with Gasteiger partial charge in [0, 0.05) is 13.1 Å². The molecule has 0 bridgehead atoms. The van der Waals surface area contributed by atoms with Crippen LogP contribution in [0.2, 0.25) is 0 Å². The van der Waals surface area contributed by atoms with E-state index >= 15 is 0 Å². The molecule has 0 radical (unpaired) electrons. The predicted molar refractivity (Wildman–Crippen MR) is 124 cm³/mol. The van der Waals surface area contributed by atoms with E-state index in [-0.39, 0.29) is 11.3 Å². The Morgan fingerprint density at radius 3 is 2.55 bits per heavy atom. The highest BCUT2D eigenvalue weighted by atomic mass is 16.5. The maximum Gasteiger partial charge on any atom is 0.290 e. The van der Waals surface area contributed by atoms with Crippen molar-refractivity contribution in [2.75, 3.05) is 39.9 Å². The Hall–Kier alpha value is -3.26. The van der Waals surface area contributed by atoms with Crippen molar-refractivity contribution in [3.63, 3.8) is 0 Å². The van der Waals surface area contributed by atoms with Gasteiger partial charge in [-0.1, -0.05) is 26.8 Å². The highest BCUT2D eigenvalue weighted by molar-refractivity contribution is 6.15. The fourth-order valence-electron chi connectivity index (χ4n) is 3.98. The number of Topliss-reactive ketones (excluding diaryl/α,β-unsaturated/α-hetero) is 1. The number of ether oxygens (including phenoxy) is 2. The van der Waals surface area contributed by atoms with Gasteiger partial charge in [-0.25, -0.2) is 0 Å². The fraction of sp³-hybridized carbons (Fsp3) is 0.440. The quantitative estimate of drug-likeness (QED) is 0.483. The van der Waals surface area contributed by atoms with Crippen LogP contribution in [0.3, 0.4) is 0 Å². The van der Waals surface area contributed by atoms with Gasteiger partial charge in [0.05, 0.1) is 31.6 Å². The molecule has 0 fully saturated rings. The Morgan fingerprint density at radius 1 is 1.18 bits per heavy atom. The summed E-state index contributed by atoms with van der Waals surface area (Å²) in [6.07, 6.45) is 2.23. The zero-order valence-corrected chi connectivity index (χ0v) is 19.7. The molecule has 1 aliphatic heterocycles. The average Bonchev–Trinajstić information content (AvgIpc) is 3.46. The first-order chi connectivity index (χ1) is 16.0. The van der Waals surface area contributed by atoms with E-state index in [4.69, 9.17) is 13.9 Å². The van der Waals surface area contributed by atoms with Crippen molar-refractivity contribution in [1.29, 1.82) is 0 Å². The number of likely N-dealkylation sites (N-methyl/N-ethyl adjacent to an activating group) is 1. The second-order valence-corrected chi connectivity index (χ2v) is 7.76. The Bertz CT molecular complexity index is 994. The Labute approximate surface area is 194 Å². The number of amides is 1. The minimum absolute atomic E-state index is 0.00113. The molecule has 8 heteroatoms. The summed E-state index contributed by atoms with van der Waals surface area (Å²) in [5.74, 6) is -0.512. The topological polar surface area (TPSA) is 92.5 Å². The van der Waals surface area contributed by atoms with Gasteiger partial charge < -0.3 is 28.8 Å². The van der Waals surface area contributed by atoms with Gasteiger partial charge in [0.2, 0.25) is 5.78 Å². The third-order valence-corrected chi connectivity index (χ3v) is 5.81. The van der Waals surface area contributed by atoms with Crippen molar-refractivity contribution >= 4 is 11.7 Å². The standard InChI is InChI=1S/C25H32N2O6/c1-5-14-32-18-11-10-17(16-20(18)31-4)22-21(23(28)19-9-8-15-33-19)24(29)25(30)27(22)13-12-26(6-2)7-3/h8-11,15-16,22,29H,5-7,12-14H2,1-4H3/t22-/m0/s1. The van der Waals surface area contributed by atoms with Gasteiger partial charge >= 0.3 is 0 Å². The van der Waals surface area contributed by atoms with Gasteiger partial charge in [0.1, 0.15) is 0 Å². The maximum absolute atomic E-state index is 13.2. The summed E-state index contributed by atoms with van der Waals surface area (Å²) < 4.78 is 16.5. The largest absolute Gasteiger partial charge is 0.503 e. The number of aliphatic hydroxyl groups excluding tert-OH is 1. The third kappa shape index (κ3) is 5.06. The van der Waals surface area contributed by atoms with Gasteiger partial charge in [0.25, 0.3) is 5.91 Å². The number of carbonyl (C=O) groups is 2. The summed E-state index contributed by atoms with van der Waals surface area (Å²) in [6, 6.07) is 7.65. The molecule has 0 unspecified atom stereocenters. The molecular formula is C25H32N2O6. The lowest BCUT2D eigenvalue weighted by atomic mass is 9.94. The smallest absolute Gasteiger partial charge is 0.290 e. The second kappa shape index (κ2) is 11.0. The number of methoxy groups -OCH3 is 1. The molecule has 1 aromatic carbocycles. The molecule has 0 spiro atoms.